The van der Waals surface area contributed by atoms with Gasteiger partial charge in [-0.3, -0.25) is 9.69 Å². The molecule has 1 atom stereocenters. The van der Waals surface area contributed by atoms with Gasteiger partial charge in [0.1, 0.15) is 5.82 Å². The van der Waals surface area contributed by atoms with Crippen LogP contribution in [-0.4, -0.2) is 44.9 Å². The summed E-state index contributed by atoms with van der Waals surface area (Å²) in [5.41, 5.74) is 1.16. The van der Waals surface area contributed by atoms with E-state index < -0.39 is 0 Å². The average Bonchev–Trinajstić information content (AvgIpc) is 3.18. The second-order valence-electron chi connectivity index (χ2n) is 8.13. The third-order valence-electron chi connectivity index (χ3n) is 6.01. The monoisotopic (exact) mass is 382 g/mol. The van der Waals surface area contributed by atoms with Gasteiger partial charge in [-0.2, -0.15) is 5.10 Å². The Hall–Kier alpha value is -2.18. The molecule has 2 N–H and O–H groups in total. The first-order valence-corrected chi connectivity index (χ1v) is 10.5. The van der Waals surface area contributed by atoms with Gasteiger partial charge in [-0.25, -0.2) is 4.68 Å². The van der Waals surface area contributed by atoms with Crippen molar-refractivity contribution in [1.29, 1.82) is 0 Å². The number of aliphatic hydroxyl groups excluding tert-OH is 1. The van der Waals surface area contributed by atoms with E-state index in [1.165, 1.54) is 12.8 Å². The Morgan fingerprint density at radius 2 is 1.93 bits per heavy atom. The zero-order valence-electron chi connectivity index (χ0n) is 16.3. The topological polar surface area (TPSA) is 70.4 Å². The number of anilines is 1. The van der Waals surface area contributed by atoms with E-state index in [-0.39, 0.29) is 25.1 Å². The van der Waals surface area contributed by atoms with Gasteiger partial charge >= 0.3 is 0 Å². The zero-order chi connectivity index (χ0) is 19.3. The fourth-order valence-corrected chi connectivity index (χ4v) is 4.37. The van der Waals surface area contributed by atoms with Gasteiger partial charge in [0.05, 0.1) is 25.4 Å². The molecule has 0 spiro atoms. The van der Waals surface area contributed by atoms with Gasteiger partial charge in [-0.15, -0.1) is 0 Å². The minimum absolute atomic E-state index is 0.0331. The van der Waals surface area contributed by atoms with E-state index in [0.29, 0.717) is 18.5 Å². The van der Waals surface area contributed by atoms with E-state index in [9.17, 15) is 9.90 Å². The van der Waals surface area contributed by atoms with E-state index in [0.717, 1.165) is 37.1 Å². The van der Waals surface area contributed by atoms with E-state index in [2.05, 4.69) is 27.4 Å². The first-order valence-electron chi connectivity index (χ1n) is 10.5. The maximum absolute atomic E-state index is 12.9. The van der Waals surface area contributed by atoms with Gasteiger partial charge in [0.2, 0.25) is 5.91 Å². The molecule has 2 aliphatic carbocycles. The molecule has 2 aliphatic rings. The lowest BCUT2D eigenvalue weighted by atomic mass is 10.1. The molecule has 0 bridgehead atoms. The number of hydrogen-bond donors (Lipinski definition) is 2. The van der Waals surface area contributed by atoms with Gasteiger partial charge in [0.25, 0.3) is 0 Å². The Bertz CT molecular complexity index is 766. The van der Waals surface area contributed by atoms with Crippen LogP contribution < -0.4 is 5.32 Å². The van der Waals surface area contributed by atoms with Crippen LogP contribution in [0.1, 0.15) is 50.1 Å². The van der Waals surface area contributed by atoms with Gasteiger partial charge in [0.15, 0.2) is 0 Å². The summed E-state index contributed by atoms with van der Waals surface area (Å²) in [7, 11) is 0. The highest BCUT2D eigenvalue weighted by atomic mass is 16.3. The van der Waals surface area contributed by atoms with Crippen LogP contribution in [0, 0.1) is 5.92 Å². The van der Waals surface area contributed by atoms with Crippen LogP contribution in [0.4, 0.5) is 5.82 Å². The largest absolute Gasteiger partial charge is 0.395 e. The molecule has 1 unspecified atom stereocenters. The summed E-state index contributed by atoms with van der Waals surface area (Å²) in [6, 6.07) is 12.5. The molecule has 2 aromatic rings. The summed E-state index contributed by atoms with van der Waals surface area (Å²) < 4.78 is 1.97. The summed E-state index contributed by atoms with van der Waals surface area (Å²) >= 11 is 0. The maximum Gasteiger partial charge on any atom is 0.239 e. The number of nitrogens with zero attached hydrogens (tertiary/aromatic N) is 3. The molecule has 4 rings (SSSR count). The molecule has 1 aromatic carbocycles. The Labute approximate surface area is 166 Å². The second kappa shape index (κ2) is 8.88. The van der Waals surface area contributed by atoms with Crippen LogP contribution in [0.15, 0.2) is 42.6 Å². The molecule has 6 heteroatoms. The van der Waals surface area contributed by atoms with Crippen LogP contribution in [-0.2, 0) is 11.3 Å². The zero-order valence-corrected chi connectivity index (χ0v) is 16.3. The standard InChI is InChI=1S/C22H30N4O2/c27-16-20(18-10-11-18)25(14-17-6-2-1-3-7-17)15-22(28)24-21-12-13-23-26(21)19-8-4-5-9-19/h1-3,6-7,12-13,18-20,27H,4-5,8-11,14-16H2,(H,24,28). The Kier molecular flexibility index (Phi) is 6.07. The van der Waals surface area contributed by atoms with Gasteiger partial charge in [-0.1, -0.05) is 43.2 Å². The number of carbonyl (C=O) groups is 1. The number of amides is 1. The van der Waals surface area contributed by atoms with Crippen molar-refractivity contribution in [3.8, 4) is 0 Å². The number of aromatic nitrogens is 2. The van der Waals surface area contributed by atoms with Gasteiger partial charge in [0, 0.05) is 18.7 Å². The number of benzene rings is 1. The van der Waals surface area contributed by atoms with Crippen LogP contribution in [0.3, 0.4) is 0 Å². The maximum atomic E-state index is 12.9. The summed E-state index contributed by atoms with van der Waals surface area (Å²) in [4.78, 5) is 15.0. The smallest absolute Gasteiger partial charge is 0.239 e. The molecule has 2 fully saturated rings. The highest BCUT2D eigenvalue weighted by Gasteiger charge is 2.35. The Morgan fingerprint density at radius 3 is 2.61 bits per heavy atom. The summed E-state index contributed by atoms with van der Waals surface area (Å²) in [6.07, 6.45) is 8.72. The number of carbonyl (C=O) groups excluding carboxylic acids is 1. The first-order chi connectivity index (χ1) is 13.7. The predicted octanol–water partition coefficient (Wildman–Crippen LogP) is 3.21. The van der Waals surface area contributed by atoms with Gasteiger partial charge < -0.3 is 10.4 Å². The van der Waals surface area contributed by atoms with Crippen molar-refractivity contribution in [3.63, 3.8) is 0 Å². The molecule has 1 amide bonds. The lowest BCUT2D eigenvalue weighted by molar-refractivity contribution is -0.118. The molecule has 6 nitrogen and oxygen atoms in total. The van der Waals surface area contributed by atoms with Crippen molar-refractivity contribution >= 4 is 11.7 Å². The van der Waals surface area contributed by atoms with Crippen LogP contribution in [0.5, 0.6) is 0 Å². The fraction of sp³-hybridized carbons (Fsp3) is 0.545. The molecule has 28 heavy (non-hydrogen) atoms. The number of aliphatic hydroxyl groups is 1. The predicted molar refractivity (Wildman–Crippen MR) is 109 cm³/mol. The highest BCUT2D eigenvalue weighted by Crippen LogP contribution is 2.36. The minimum Gasteiger partial charge on any atom is -0.395 e. The van der Waals surface area contributed by atoms with Crippen molar-refractivity contribution in [2.75, 3.05) is 18.5 Å². The van der Waals surface area contributed by atoms with E-state index in [1.807, 2.05) is 28.9 Å². The molecule has 1 heterocycles. The highest BCUT2D eigenvalue weighted by molar-refractivity contribution is 5.91. The normalized spacial score (nSPS) is 18.5. The first kappa shape index (κ1) is 19.2. The number of rotatable bonds is 9. The molecule has 0 aliphatic heterocycles. The van der Waals surface area contributed by atoms with Crippen LogP contribution >= 0.6 is 0 Å². The number of nitrogens with one attached hydrogen (secondary N) is 1. The molecule has 0 radical (unpaired) electrons. The van der Waals surface area contributed by atoms with Crippen LogP contribution in [0.2, 0.25) is 0 Å². The van der Waals surface area contributed by atoms with E-state index >= 15 is 0 Å². The third-order valence-corrected chi connectivity index (χ3v) is 6.01. The summed E-state index contributed by atoms with van der Waals surface area (Å²) in [5.74, 6) is 1.23. The number of hydrogen-bond acceptors (Lipinski definition) is 4. The third kappa shape index (κ3) is 4.62. The van der Waals surface area contributed by atoms with Crippen LogP contribution in [0.25, 0.3) is 0 Å². The fourth-order valence-electron chi connectivity index (χ4n) is 4.37. The lowest BCUT2D eigenvalue weighted by Gasteiger charge is -2.30. The summed E-state index contributed by atoms with van der Waals surface area (Å²) in [5, 5.41) is 17.5. The van der Waals surface area contributed by atoms with Crippen molar-refractivity contribution in [2.24, 2.45) is 5.92 Å². The quantitative estimate of drug-likeness (QED) is 0.699. The Balaban J connectivity index is 1.44. The van der Waals surface area contributed by atoms with Crippen molar-refractivity contribution < 1.29 is 9.90 Å². The van der Waals surface area contributed by atoms with E-state index in [1.54, 1.807) is 6.20 Å². The minimum atomic E-state index is -0.0465. The molecular formula is C22H30N4O2. The Morgan fingerprint density at radius 1 is 1.18 bits per heavy atom. The van der Waals surface area contributed by atoms with Gasteiger partial charge in [-0.05, 0) is 37.2 Å². The lowest BCUT2D eigenvalue weighted by Crippen LogP contribution is -2.43. The van der Waals surface area contributed by atoms with Crippen molar-refractivity contribution in [2.45, 2.75) is 57.2 Å². The molecule has 150 valence electrons. The molecular weight excluding hydrogens is 352 g/mol. The summed E-state index contributed by atoms with van der Waals surface area (Å²) in [6.45, 7) is 1.02. The molecule has 2 saturated carbocycles. The van der Waals surface area contributed by atoms with Crippen molar-refractivity contribution in [3.05, 3.63) is 48.2 Å². The van der Waals surface area contributed by atoms with Crippen molar-refractivity contribution in [1.82, 2.24) is 14.7 Å². The molecule has 1 aromatic heterocycles. The SMILES string of the molecule is O=C(CN(Cc1ccccc1)C(CO)C1CC1)Nc1ccnn1C1CCCC1. The second-order valence-corrected chi connectivity index (χ2v) is 8.13. The average molecular weight is 383 g/mol. The van der Waals surface area contributed by atoms with E-state index in [4.69, 9.17) is 0 Å². The molecule has 0 saturated heterocycles.